The Labute approximate surface area is 85.2 Å². The first kappa shape index (κ1) is 11.5. The van der Waals surface area contributed by atoms with E-state index in [-0.39, 0.29) is 5.97 Å². The molecule has 0 atom stereocenters. The van der Waals surface area contributed by atoms with Crippen molar-refractivity contribution in [2.24, 2.45) is 5.73 Å². The molecule has 14 heavy (non-hydrogen) atoms. The minimum atomic E-state index is -0.148. The number of methoxy groups -OCH3 is 1. The van der Waals surface area contributed by atoms with Crippen molar-refractivity contribution in [1.29, 1.82) is 0 Å². The van der Waals surface area contributed by atoms with Gasteiger partial charge in [0.1, 0.15) is 0 Å². The van der Waals surface area contributed by atoms with Crippen LogP contribution in [0.25, 0.3) is 0 Å². The smallest absolute Gasteiger partial charge is 0.306 e. The molecular formula is C10H20N2O2. The highest BCUT2D eigenvalue weighted by Gasteiger charge is 2.17. The highest BCUT2D eigenvalue weighted by Crippen LogP contribution is 2.16. The Morgan fingerprint density at radius 1 is 1.43 bits per heavy atom. The lowest BCUT2D eigenvalue weighted by Gasteiger charge is -2.26. The molecule has 1 aliphatic carbocycles. The third kappa shape index (κ3) is 4.07. The summed E-state index contributed by atoms with van der Waals surface area (Å²) in [5.41, 5.74) is 5.79. The molecule has 0 aromatic carbocycles. The molecule has 0 bridgehead atoms. The van der Waals surface area contributed by atoms with Crippen molar-refractivity contribution >= 4 is 5.97 Å². The summed E-state index contributed by atoms with van der Waals surface area (Å²) in [6.45, 7) is 0.715. The van der Waals surface area contributed by atoms with Crippen LogP contribution in [0.2, 0.25) is 0 Å². The molecule has 1 saturated carbocycles. The van der Waals surface area contributed by atoms with Crippen LogP contribution < -0.4 is 11.1 Å². The molecule has 1 aliphatic rings. The van der Waals surface area contributed by atoms with Crippen molar-refractivity contribution in [3.05, 3.63) is 0 Å². The van der Waals surface area contributed by atoms with Crippen molar-refractivity contribution in [2.45, 2.75) is 44.2 Å². The second-order valence-corrected chi connectivity index (χ2v) is 3.89. The van der Waals surface area contributed by atoms with E-state index in [0.29, 0.717) is 25.0 Å². The van der Waals surface area contributed by atoms with Gasteiger partial charge in [-0.05, 0) is 25.7 Å². The largest absolute Gasteiger partial charge is 0.469 e. The summed E-state index contributed by atoms with van der Waals surface area (Å²) < 4.78 is 4.56. The Kier molecular flexibility index (Phi) is 4.90. The average molecular weight is 200 g/mol. The van der Waals surface area contributed by atoms with Gasteiger partial charge in [0.15, 0.2) is 0 Å². The fourth-order valence-corrected chi connectivity index (χ4v) is 1.80. The molecule has 0 amide bonds. The van der Waals surface area contributed by atoms with E-state index < -0.39 is 0 Å². The van der Waals surface area contributed by atoms with E-state index >= 15 is 0 Å². The van der Waals surface area contributed by atoms with Crippen LogP contribution in [0.3, 0.4) is 0 Å². The molecule has 0 aromatic rings. The van der Waals surface area contributed by atoms with Crippen LogP contribution in [0.4, 0.5) is 0 Å². The highest BCUT2D eigenvalue weighted by molar-refractivity contribution is 5.69. The molecular weight excluding hydrogens is 180 g/mol. The molecule has 0 unspecified atom stereocenters. The maximum atomic E-state index is 10.8. The Morgan fingerprint density at radius 3 is 2.64 bits per heavy atom. The number of ether oxygens (including phenoxy) is 1. The fourth-order valence-electron chi connectivity index (χ4n) is 1.80. The van der Waals surface area contributed by atoms with Crippen molar-refractivity contribution in [3.8, 4) is 0 Å². The molecule has 4 nitrogen and oxygen atoms in total. The molecule has 3 N–H and O–H groups in total. The van der Waals surface area contributed by atoms with Crippen LogP contribution in [0, 0.1) is 0 Å². The van der Waals surface area contributed by atoms with Crippen LogP contribution in [0.1, 0.15) is 32.1 Å². The van der Waals surface area contributed by atoms with Crippen molar-refractivity contribution in [3.63, 3.8) is 0 Å². The van der Waals surface area contributed by atoms with E-state index in [2.05, 4.69) is 10.1 Å². The molecule has 0 spiro atoms. The Balaban J connectivity index is 2.04. The van der Waals surface area contributed by atoms with Crippen molar-refractivity contribution in [1.82, 2.24) is 5.32 Å². The quantitative estimate of drug-likeness (QED) is 0.645. The zero-order valence-electron chi connectivity index (χ0n) is 8.79. The third-order valence-electron chi connectivity index (χ3n) is 2.76. The van der Waals surface area contributed by atoms with Gasteiger partial charge in [-0.15, -0.1) is 0 Å². The van der Waals surface area contributed by atoms with E-state index in [1.807, 2.05) is 0 Å². The van der Waals surface area contributed by atoms with Gasteiger partial charge in [-0.25, -0.2) is 0 Å². The number of nitrogens with one attached hydrogen (secondary N) is 1. The second-order valence-electron chi connectivity index (χ2n) is 3.89. The average Bonchev–Trinajstić information content (AvgIpc) is 2.21. The summed E-state index contributed by atoms with van der Waals surface area (Å²) in [6.07, 6.45) is 4.90. The Bertz CT molecular complexity index is 177. The monoisotopic (exact) mass is 200 g/mol. The van der Waals surface area contributed by atoms with Gasteiger partial charge in [0, 0.05) is 18.6 Å². The molecule has 1 rings (SSSR count). The standard InChI is InChI=1S/C10H20N2O2/c1-14-10(13)6-7-12-9-4-2-8(11)3-5-9/h8-9,12H,2-7,11H2,1H3. The molecule has 0 radical (unpaired) electrons. The molecule has 1 fully saturated rings. The van der Waals surface area contributed by atoms with Crippen LogP contribution in [0.5, 0.6) is 0 Å². The third-order valence-corrected chi connectivity index (χ3v) is 2.76. The predicted octanol–water partition coefficient (Wildman–Crippen LogP) is 0.409. The lowest BCUT2D eigenvalue weighted by atomic mass is 9.92. The maximum absolute atomic E-state index is 10.8. The second kappa shape index (κ2) is 5.98. The summed E-state index contributed by atoms with van der Waals surface area (Å²) in [7, 11) is 1.42. The van der Waals surface area contributed by atoms with Crippen LogP contribution in [0.15, 0.2) is 0 Å². The number of esters is 1. The van der Waals surface area contributed by atoms with E-state index in [0.717, 1.165) is 25.7 Å². The van der Waals surface area contributed by atoms with Crippen molar-refractivity contribution in [2.75, 3.05) is 13.7 Å². The van der Waals surface area contributed by atoms with Gasteiger partial charge in [0.05, 0.1) is 13.5 Å². The van der Waals surface area contributed by atoms with Gasteiger partial charge in [0.25, 0.3) is 0 Å². The number of hydrogen-bond donors (Lipinski definition) is 2. The Hall–Kier alpha value is -0.610. The van der Waals surface area contributed by atoms with Crippen molar-refractivity contribution < 1.29 is 9.53 Å². The zero-order valence-corrected chi connectivity index (χ0v) is 8.79. The summed E-state index contributed by atoms with van der Waals surface area (Å²) in [5, 5.41) is 3.35. The first-order valence-corrected chi connectivity index (χ1v) is 5.28. The molecule has 4 heteroatoms. The minimum Gasteiger partial charge on any atom is -0.469 e. The number of hydrogen-bond acceptors (Lipinski definition) is 4. The fraction of sp³-hybridized carbons (Fsp3) is 0.900. The van der Waals surface area contributed by atoms with E-state index in [1.165, 1.54) is 7.11 Å². The summed E-state index contributed by atoms with van der Waals surface area (Å²) in [4.78, 5) is 10.8. The summed E-state index contributed by atoms with van der Waals surface area (Å²) in [6, 6.07) is 0.924. The molecule has 0 saturated heterocycles. The lowest BCUT2D eigenvalue weighted by Crippen LogP contribution is -2.38. The Morgan fingerprint density at radius 2 is 2.07 bits per heavy atom. The van der Waals surface area contributed by atoms with Gasteiger partial charge >= 0.3 is 5.97 Å². The summed E-state index contributed by atoms with van der Waals surface area (Å²) in [5.74, 6) is -0.148. The van der Waals surface area contributed by atoms with Gasteiger partial charge in [-0.2, -0.15) is 0 Å². The van der Waals surface area contributed by atoms with Crippen LogP contribution in [-0.2, 0) is 9.53 Å². The van der Waals surface area contributed by atoms with Crippen LogP contribution >= 0.6 is 0 Å². The zero-order chi connectivity index (χ0) is 10.4. The maximum Gasteiger partial charge on any atom is 0.306 e. The number of nitrogens with two attached hydrogens (primary N) is 1. The number of carbonyl (C=O) groups is 1. The van der Waals surface area contributed by atoms with Gasteiger partial charge in [-0.1, -0.05) is 0 Å². The van der Waals surface area contributed by atoms with Crippen LogP contribution in [-0.4, -0.2) is 31.7 Å². The van der Waals surface area contributed by atoms with Gasteiger partial charge < -0.3 is 15.8 Å². The number of rotatable bonds is 4. The molecule has 0 heterocycles. The van der Waals surface area contributed by atoms with E-state index in [9.17, 15) is 4.79 Å². The topological polar surface area (TPSA) is 64.3 Å². The van der Waals surface area contributed by atoms with E-state index in [1.54, 1.807) is 0 Å². The SMILES string of the molecule is COC(=O)CCNC1CCC(N)CC1. The van der Waals surface area contributed by atoms with Gasteiger partial charge in [-0.3, -0.25) is 4.79 Å². The molecule has 0 aliphatic heterocycles. The number of carbonyl (C=O) groups excluding carboxylic acids is 1. The molecule has 0 aromatic heterocycles. The molecule has 82 valence electrons. The van der Waals surface area contributed by atoms with Gasteiger partial charge in [0.2, 0.25) is 0 Å². The minimum absolute atomic E-state index is 0.148. The van der Waals surface area contributed by atoms with E-state index in [4.69, 9.17) is 5.73 Å². The normalized spacial score (nSPS) is 27.3. The summed E-state index contributed by atoms with van der Waals surface area (Å²) >= 11 is 0. The lowest BCUT2D eigenvalue weighted by molar-refractivity contribution is -0.140. The first-order chi connectivity index (χ1) is 6.72. The first-order valence-electron chi connectivity index (χ1n) is 5.28. The highest BCUT2D eigenvalue weighted by atomic mass is 16.5. The predicted molar refractivity (Wildman–Crippen MR) is 54.9 cm³/mol.